The predicted octanol–water partition coefficient (Wildman–Crippen LogP) is 3.47. The molecule has 0 saturated carbocycles. The number of nitrogens with one attached hydrogen (secondary N) is 1. The monoisotopic (exact) mass is 482 g/mol. The number of amides is 1. The van der Waals surface area contributed by atoms with Crippen LogP contribution in [0.2, 0.25) is 4.34 Å². The van der Waals surface area contributed by atoms with Gasteiger partial charge in [0.05, 0.1) is 10.9 Å². The molecule has 1 aliphatic rings. The number of carbonyl (C=O) groups excluding carboxylic acids is 1. The summed E-state index contributed by atoms with van der Waals surface area (Å²) < 4.78 is 28.2. The van der Waals surface area contributed by atoms with Gasteiger partial charge in [-0.2, -0.15) is 4.31 Å². The van der Waals surface area contributed by atoms with E-state index in [0.29, 0.717) is 24.0 Å². The van der Waals surface area contributed by atoms with Gasteiger partial charge in [0.2, 0.25) is 5.91 Å². The first-order valence-electron chi connectivity index (χ1n) is 9.21. The summed E-state index contributed by atoms with van der Waals surface area (Å²) in [5, 5.41) is 3.23. The number of thiophene rings is 2. The molecule has 1 N–H and O–H groups in total. The molecule has 3 aromatic heterocycles. The van der Waals surface area contributed by atoms with Gasteiger partial charge in [-0.15, -0.1) is 22.7 Å². The number of pyridine rings is 1. The van der Waals surface area contributed by atoms with Crippen LogP contribution in [0, 0.1) is 0 Å². The zero-order valence-electron chi connectivity index (χ0n) is 15.8. The maximum absolute atomic E-state index is 13.0. The van der Waals surface area contributed by atoms with Crippen LogP contribution in [0.5, 0.6) is 0 Å². The topological polar surface area (TPSA) is 82.6 Å². The molecule has 0 bridgehead atoms. The molecule has 11 heteroatoms. The van der Waals surface area contributed by atoms with Gasteiger partial charge in [0.15, 0.2) is 0 Å². The van der Waals surface area contributed by atoms with Gasteiger partial charge in [-0.1, -0.05) is 11.6 Å². The minimum Gasteiger partial charge on any atom is -0.383 e. The lowest BCUT2D eigenvalue weighted by Gasteiger charge is -2.33. The second-order valence-corrected chi connectivity index (χ2v) is 11.6. The van der Waals surface area contributed by atoms with Gasteiger partial charge in [0.25, 0.3) is 10.0 Å². The number of hydrogen-bond donors (Lipinski definition) is 1. The van der Waals surface area contributed by atoms with E-state index in [9.17, 15) is 13.2 Å². The van der Waals surface area contributed by atoms with Crippen molar-refractivity contribution in [1.82, 2.24) is 14.2 Å². The Hall–Kier alpha value is -1.98. The van der Waals surface area contributed by atoms with Crippen molar-refractivity contribution in [1.29, 1.82) is 0 Å². The van der Waals surface area contributed by atoms with E-state index >= 15 is 0 Å². The summed E-state index contributed by atoms with van der Waals surface area (Å²) >= 11 is 8.58. The fraction of sp³-hybridized carbons (Fsp3) is 0.263. The quantitative estimate of drug-likeness (QED) is 0.557. The molecule has 1 saturated heterocycles. The normalized spacial score (nSPS) is 15.5. The van der Waals surface area contributed by atoms with Crippen molar-refractivity contribution < 1.29 is 13.2 Å². The molecule has 30 heavy (non-hydrogen) atoms. The molecular weight excluding hydrogens is 464 g/mol. The van der Waals surface area contributed by atoms with E-state index in [1.165, 1.54) is 27.0 Å². The van der Waals surface area contributed by atoms with E-state index in [4.69, 9.17) is 11.6 Å². The Balaban J connectivity index is 1.36. The van der Waals surface area contributed by atoms with Crippen LogP contribution in [0.4, 0.5) is 5.69 Å². The average molecular weight is 483 g/mol. The Bertz CT molecular complexity index is 1130. The molecular formula is C19H19ClN4O3S3. The fourth-order valence-corrected chi connectivity index (χ4v) is 7.07. The molecule has 1 aliphatic heterocycles. The zero-order chi connectivity index (χ0) is 21.1. The third-order valence-electron chi connectivity index (χ3n) is 4.67. The fourth-order valence-electron chi connectivity index (χ4n) is 3.10. The lowest BCUT2D eigenvalue weighted by molar-refractivity contribution is -0.133. The minimum atomic E-state index is -3.71. The maximum atomic E-state index is 13.0. The molecule has 3 aromatic rings. The van der Waals surface area contributed by atoms with Crippen molar-refractivity contribution in [2.24, 2.45) is 0 Å². The summed E-state index contributed by atoms with van der Waals surface area (Å²) in [6.45, 7) is 1.60. The smallest absolute Gasteiger partial charge is 0.253 e. The van der Waals surface area contributed by atoms with Gasteiger partial charge in [-0.05, 0) is 36.4 Å². The highest BCUT2D eigenvalue weighted by molar-refractivity contribution is 7.91. The number of nitrogens with zero attached hydrogens (tertiary/aromatic N) is 3. The molecule has 0 aromatic carbocycles. The summed E-state index contributed by atoms with van der Waals surface area (Å²) in [5.41, 5.74) is 0.930. The number of piperazine rings is 1. The Morgan fingerprint density at radius 2 is 1.77 bits per heavy atom. The number of rotatable bonds is 7. The van der Waals surface area contributed by atoms with Crippen molar-refractivity contribution in [2.75, 3.05) is 38.0 Å². The second-order valence-electron chi connectivity index (χ2n) is 6.60. The molecule has 1 amide bonds. The number of hydrogen-bond acceptors (Lipinski definition) is 7. The number of carbonyl (C=O) groups is 1. The summed E-state index contributed by atoms with van der Waals surface area (Å²) in [5.74, 6) is -0.192. The van der Waals surface area contributed by atoms with E-state index in [1.54, 1.807) is 35.5 Å². The Morgan fingerprint density at radius 1 is 1.03 bits per heavy atom. The van der Waals surface area contributed by atoms with Gasteiger partial charge >= 0.3 is 0 Å². The lowest BCUT2D eigenvalue weighted by Crippen LogP contribution is -2.52. The van der Waals surface area contributed by atoms with Crippen molar-refractivity contribution in [3.05, 3.63) is 53.1 Å². The van der Waals surface area contributed by atoms with Crippen LogP contribution >= 0.6 is 34.3 Å². The predicted molar refractivity (Wildman–Crippen MR) is 121 cm³/mol. The van der Waals surface area contributed by atoms with Gasteiger partial charge in [-0.3, -0.25) is 9.78 Å². The molecule has 7 nitrogen and oxygen atoms in total. The first-order valence-corrected chi connectivity index (χ1v) is 12.7. The van der Waals surface area contributed by atoms with E-state index < -0.39 is 10.0 Å². The zero-order valence-corrected chi connectivity index (χ0v) is 19.0. The second kappa shape index (κ2) is 9.03. The molecule has 0 spiro atoms. The van der Waals surface area contributed by atoms with Crippen LogP contribution in [0.25, 0.3) is 9.75 Å². The highest BCUT2D eigenvalue weighted by Crippen LogP contribution is 2.37. The third kappa shape index (κ3) is 4.68. The van der Waals surface area contributed by atoms with Crippen LogP contribution in [0.3, 0.4) is 0 Å². The number of anilines is 1. The first kappa shape index (κ1) is 21.3. The SMILES string of the molecule is O=C1CN(S(=O)(=O)c2ccc(-c3ccc(Cl)s3)s2)CCN1CCNc1ccncc1. The minimum absolute atomic E-state index is 0.143. The van der Waals surface area contributed by atoms with Crippen LogP contribution < -0.4 is 5.32 Å². The van der Waals surface area contributed by atoms with Gasteiger partial charge < -0.3 is 10.2 Å². The van der Waals surface area contributed by atoms with Crippen molar-refractivity contribution >= 4 is 55.9 Å². The summed E-state index contributed by atoms with van der Waals surface area (Å²) in [4.78, 5) is 19.9. The molecule has 1 fully saturated rings. The molecule has 0 aliphatic carbocycles. The summed E-state index contributed by atoms with van der Waals surface area (Å²) in [6, 6.07) is 10.7. The highest BCUT2D eigenvalue weighted by atomic mass is 35.5. The van der Waals surface area contributed by atoms with Crippen molar-refractivity contribution in [3.63, 3.8) is 0 Å². The van der Waals surface area contributed by atoms with E-state index in [2.05, 4.69) is 10.3 Å². The largest absolute Gasteiger partial charge is 0.383 e. The molecule has 0 radical (unpaired) electrons. The van der Waals surface area contributed by atoms with Crippen molar-refractivity contribution in [3.8, 4) is 9.75 Å². The molecule has 4 heterocycles. The van der Waals surface area contributed by atoms with Crippen LogP contribution in [-0.4, -0.2) is 61.2 Å². The molecule has 0 atom stereocenters. The van der Waals surface area contributed by atoms with Crippen molar-refractivity contribution in [2.45, 2.75) is 4.21 Å². The Morgan fingerprint density at radius 3 is 2.47 bits per heavy atom. The molecule has 158 valence electrons. The highest BCUT2D eigenvalue weighted by Gasteiger charge is 2.33. The Kier molecular flexibility index (Phi) is 6.40. The van der Waals surface area contributed by atoms with Crippen LogP contribution in [-0.2, 0) is 14.8 Å². The van der Waals surface area contributed by atoms with Crippen LogP contribution in [0.15, 0.2) is 53.0 Å². The third-order valence-corrected chi connectivity index (χ3v) is 9.49. The van der Waals surface area contributed by atoms with Gasteiger partial charge in [0, 0.05) is 54.0 Å². The van der Waals surface area contributed by atoms with E-state index in [0.717, 1.165) is 15.4 Å². The van der Waals surface area contributed by atoms with Crippen LogP contribution in [0.1, 0.15) is 0 Å². The lowest BCUT2D eigenvalue weighted by atomic mass is 10.3. The number of sulfonamides is 1. The number of halogens is 1. The first-order chi connectivity index (χ1) is 14.4. The standard InChI is InChI=1S/C19H19ClN4O3S3/c20-17-3-1-15(28-17)16-2-4-19(29-16)30(26,27)24-12-11-23(18(25)13-24)10-9-22-14-5-7-21-8-6-14/h1-8H,9-13H2,(H,21,22). The Labute approximate surface area is 188 Å². The van der Waals surface area contributed by atoms with E-state index in [1.807, 2.05) is 18.2 Å². The summed E-state index contributed by atoms with van der Waals surface area (Å²) in [6.07, 6.45) is 3.39. The average Bonchev–Trinajstić information content (AvgIpc) is 3.39. The van der Waals surface area contributed by atoms with Gasteiger partial charge in [-0.25, -0.2) is 8.42 Å². The summed E-state index contributed by atoms with van der Waals surface area (Å²) in [7, 11) is -3.71. The molecule has 0 unspecified atom stereocenters. The number of aromatic nitrogens is 1. The molecule has 4 rings (SSSR count). The van der Waals surface area contributed by atoms with Gasteiger partial charge in [0.1, 0.15) is 4.21 Å². The maximum Gasteiger partial charge on any atom is 0.253 e. The van der Waals surface area contributed by atoms with E-state index in [-0.39, 0.29) is 23.2 Å².